The van der Waals surface area contributed by atoms with Gasteiger partial charge in [0.15, 0.2) is 0 Å². The van der Waals surface area contributed by atoms with E-state index in [0.717, 1.165) is 37.4 Å². The van der Waals surface area contributed by atoms with Gasteiger partial charge in [-0.15, -0.1) is 0 Å². The molecule has 1 saturated carbocycles. The summed E-state index contributed by atoms with van der Waals surface area (Å²) >= 11 is 0. The minimum Gasteiger partial charge on any atom is -0.474 e. The second-order valence-electron chi connectivity index (χ2n) is 6.65. The third-order valence-electron chi connectivity index (χ3n) is 4.99. The van der Waals surface area contributed by atoms with E-state index in [1.165, 1.54) is 36.8 Å². The Morgan fingerprint density at radius 1 is 1.17 bits per heavy atom. The topological polar surface area (TPSA) is 47.3 Å². The molecule has 0 bridgehead atoms. The van der Waals surface area contributed by atoms with Gasteiger partial charge in [0.2, 0.25) is 5.88 Å². The summed E-state index contributed by atoms with van der Waals surface area (Å²) in [6, 6.07) is 6.63. The molecular weight excluding hydrogens is 288 g/mol. The molecule has 2 aromatic heterocycles. The van der Waals surface area contributed by atoms with Crippen LogP contribution in [0.4, 0.5) is 0 Å². The van der Waals surface area contributed by atoms with Crippen molar-refractivity contribution in [2.24, 2.45) is 0 Å². The van der Waals surface area contributed by atoms with Crippen molar-refractivity contribution in [2.75, 3.05) is 0 Å². The number of nitrogens with one attached hydrogen (secondary N) is 1. The number of pyridine rings is 1. The van der Waals surface area contributed by atoms with E-state index in [0.29, 0.717) is 12.1 Å². The van der Waals surface area contributed by atoms with E-state index in [1.807, 2.05) is 12.5 Å². The predicted molar refractivity (Wildman–Crippen MR) is 88.3 cm³/mol. The molecule has 2 heterocycles. The average Bonchev–Trinajstić information content (AvgIpc) is 3.24. The van der Waals surface area contributed by atoms with Crippen LogP contribution in [0.2, 0.25) is 0 Å². The summed E-state index contributed by atoms with van der Waals surface area (Å²) in [5.74, 6) is 1.91. The van der Waals surface area contributed by atoms with Gasteiger partial charge < -0.3 is 14.5 Å². The van der Waals surface area contributed by atoms with Crippen molar-refractivity contribution in [3.63, 3.8) is 0 Å². The maximum Gasteiger partial charge on any atom is 0.213 e. The Labute approximate surface area is 137 Å². The second kappa shape index (κ2) is 6.75. The van der Waals surface area contributed by atoms with Crippen LogP contribution in [0.25, 0.3) is 0 Å². The number of ether oxygens (including phenoxy) is 1. The van der Waals surface area contributed by atoms with Gasteiger partial charge in [-0.25, -0.2) is 4.98 Å². The molecule has 4 heteroatoms. The summed E-state index contributed by atoms with van der Waals surface area (Å²) in [6.45, 7) is 0.832. The van der Waals surface area contributed by atoms with Crippen LogP contribution in [-0.4, -0.2) is 11.1 Å². The monoisotopic (exact) mass is 312 g/mol. The highest BCUT2D eigenvalue weighted by Crippen LogP contribution is 2.30. The first-order chi connectivity index (χ1) is 11.4. The van der Waals surface area contributed by atoms with Gasteiger partial charge in [-0.2, -0.15) is 0 Å². The van der Waals surface area contributed by atoms with Crippen molar-refractivity contribution in [1.82, 2.24) is 10.3 Å². The molecule has 0 aromatic carbocycles. The van der Waals surface area contributed by atoms with Gasteiger partial charge in [-0.05, 0) is 56.2 Å². The summed E-state index contributed by atoms with van der Waals surface area (Å²) in [5, 5.41) is 3.66. The predicted octanol–water partition coefficient (Wildman–Crippen LogP) is 4.16. The van der Waals surface area contributed by atoms with Crippen molar-refractivity contribution in [2.45, 2.75) is 63.6 Å². The van der Waals surface area contributed by atoms with Crippen LogP contribution < -0.4 is 10.1 Å². The van der Waals surface area contributed by atoms with Crippen molar-refractivity contribution < 1.29 is 9.15 Å². The van der Waals surface area contributed by atoms with Crippen molar-refractivity contribution in [1.29, 1.82) is 0 Å². The molecule has 122 valence electrons. The lowest BCUT2D eigenvalue weighted by Crippen LogP contribution is -2.24. The largest absolute Gasteiger partial charge is 0.474 e. The first-order valence-corrected chi connectivity index (χ1v) is 8.80. The quantitative estimate of drug-likeness (QED) is 0.900. The van der Waals surface area contributed by atoms with Gasteiger partial charge in [0.05, 0.1) is 6.26 Å². The first-order valence-electron chi connectivity index (χ1n) is 8.80. The normalized spacial score (nSPS) is 21.3. The van der Waals surface area contributed by atoms with Gasteiger partial charge in [-0.3, -0.25) is 0 Å². The Morgan fingerprint density at radius 2 is 2.09 bits per heavy atom. The van der Waals surface area contributed by atoms with Crippen LogP contribution in [0.5, 0.6) is 5.88 Å². The highest BCUT2D eigenvalue weighted by Gasteiger charge is 2.22. The number of hydrogen-bond donors (Lipinski definition) is 1. The minimum absolute atomic E-state index is 0.359. The Balaban J connectivity index is 1.38. The molecule has 1 unspecified atom stereocenters. The zero-order valence-electron chi connectivity index (χ0n) is 13.5. The van der Waals surface area contributed by atoms with Gasteiger partial charge in [-0.1, -0.05) is 0 Å². The van der Waals surface area contributed by atoms with E-state index < -0.39 is 0 Å². The first kappa shape index (κ1) is 14.8. The fourth-order valence-corrected chi connectivity index (χ4v) is 3.74. The molecule has 0 aliphatic heterocycles. The number of rotatable bonds is 5. The van der Waals surface area contributed by atoms with E-state index in [2.05, 4.69) is 28.5 Å². The van der Waals surface area contributed by atoms with Gasteiger partial charge in [0, 0.05) is 36.8 Å². The summed E-state index contributed by atoms with van der Waals surface area (Å²) in [6.07, 6.45) is 12.3. The summed E-state index contributed by atoms with van der Waals surface area (Å²) in [5.41, 5.74) is 2.55. The zero-order valence-corrected chi connectivity index (χ0v) is 13.5. The molecule has 23 heavy (non-hydrogen) atoms. The van der Waals surface area contributed by atoms with E-state index >= 15 is 0 Å². The number of nitrogens with zero attached hydrogens (tertiary/aromatic N) is 1. The van der Waals surface area contributed by atoms with Gasteiger partial charge in [0.1, 0.15) is 11.9 Å². The molecule has 0 amide bonds. The third kappa shape index (κ3) is 3.42. The molecule has 0 saturated heterocycles. The molecular formula is C19H24N2O2. The zero-order chi connectivity index (χ0) is 15.5. The highest BCUT2D eigenvalue weighted by molar-refractivity contribution is 5.25. The minimum atomic E-state index is 0.359. The number of aromatic nitrogens is 1. The van der Waals surface area contributed by atoms with Crippen molar-refractivity contribution >= 4 is 0 Å². The van der Waals surface area contributed by atoms with E-state index in [4.69, 9.17) is 9.15 Å². The van der Waals surface area contributed by atoms with E-state index in [9.17, 15) is 0 Å². The van der Waals surface area contributed by atoms with Crippen molar-refractivity contribution in [3.05, 3.63) is 47.5 Å². The molecule has 2 aromatic rings. The lowest BCUT2D eigenvalue weighted by atomic mass is 9.93. The number of aryl methyl sites for hydroxylation is 1. The molecule has 1 fully saturated rings. The highest BCUT2D eigenvalue weighted by atomic mass is 16.5. The summed E-state index contributed by atoms with van der Waals surface area (Å²) in [7, 11) is 0. The van der Waals surface area contributed by atoms with Crippen LogP contribution in [0.15, 0.2) is 35.1 Å². The fourth-order valence-electron chi connectivity index (χ4n) is 3.74. The molecule has 2 aliphatic carbocycles. The van der Waals surface area contributed by atoms with Crippen LogP contribution in [0.3, 0.4) is 0 Å². The summed E-state index contributed by atoms with van der Waals surface area (Å²) in [4.78, 5) is 4.36. The van der Waals surface area contributed by atoms with Crippen LogP contribution in [-0.2, 0) is 13.0 Å². The van der Waals surface area contributed by atoms with Gasteiger partial charge >= 0.3 is 0 Å². The number of furan rings is 1. The lowest BCUT2D eigenvalue weighted by Gasteiger charge is -2.23. The molecule has 1 atom stereocenters. The third-order valence-corrected chi connectivity index (χ3v) is 4.99. The maximum absolute atomic E-state index is 6.00. The SMILES string of the molecule is c1cc(CNC2CCCc3occc32)cc(OC2CCCC2)n1. The average molecular weight is 312 g/mol. The Morgan fingerprint density at radius 3 is 3.00 bits per heavy atom. The fraction of sp³-hybridized carbons (Fsp3) is 0.526. The Kier molecular flexibility index (Phi) is 4.33. The molecule has 2 aliphatic rings. The smallest absolute Gasteiger partial charge is 0.213 e. The maximum atomic E-state index is 6.00. The second-order valence-corrected chi connectivity index (χ2v) is 6.65. The number of hydrogen-bond acceptors (Lipinski definition) is 4. The Bertz CT molecular complexity index is 646. The summed E-state index contributed by atoms with van der Waals surface area (Å²) < 4.78 is 11.6. The van der Waals surface area contributed by atoms with E-state index in [-0.39, 0.29) is 0 Å². The molecule has 4 nitrogen and oxygen atoms in total. The lowest BCUT2D eigenvalue weighted by molar-refractivity contribution is 0.201. The Hall–Kier alpha value is -1.81. The standard InChI is InChI=1S/C19H24N2O2/c1-2-5-15(4-1)23-19-12-14(8-10-20-19)13-21-17-6-3-7-18-16(17)9-11-22-18/h8-12,15,17,21H,1-7,13H2. The van der Waals surface area contributed by atoms with Gasteiger partial charge in [0.25, 0.3) is 0 Å². The van der Waals surface area contributed by atoms with Crippen LogP contribution >= 0.6 is 0 Å². The number of fused-ring (bicyclic) bond motifs is 1. The van der Waals surface area contributed by atoms with Crippen LogP contribution in [0, 0.1) is 0 Å². The van der Waals surface area contributed by atoms with E-state index in [1.54, 1.807) is 0 Å². The molecule has 1 N–H and O–H groups in total. The van der Waals surface area contributed by atoms with Crippen LogP contribution in [0.1, 0.15) is 61.5 Å². The van der Waals surface area contributed by atoms with Crippen molar-refractivity contribution in [3.8, 4) is 5.88 Å². The molecule has 0 radical (unpaired) electrons. The molecule has 0 spiro atoms. The molecule has 4 rings (SSSR count).